The van der Waals surface area contributed by atoms with Gasteiger partial charge in [-0.15, -0.1) is 0 Å². The lowest BCUT2D eigenvalue weighted by molar-refractivity contribution is 0.0935. The smallest absolute Gasteiger partial charge is 0.0791 e. The second-order valence-corrected chi connectivity index (χ2v) is 5.51. The second-order valence-electron chi connectivity index (χ2n) is 4.02. The molecular formula is C10H22N2OS. The summed E-state index contributed by atoms with van der Waals surface area (Å²) >= 11 is 2.03. The molecule has 1 rings (SSSR count). The molecule has 0 aromatic carbocycles. The fourth-order valence-electron chi connectivity index (χ4n) is 1.82. The average Bonchev–Trinajstić information content (AvgIpc) is 2.13. The van der Waals surface area contributed by atoms with Crippen LogP contribution in [0.25, 0.3) is 0 Å². The third-order valence-electron chi connectivity index (χ3n) is 2.90. The van der Waals surface area contributed by atoms with Gasteiger partial charge in [0.25, 0.3) is 0 Å². The summed E-state index contributed by atoms with van der Waals surface area (Å²) in [6, 6.07) is 0.584. The number of rotatable bonds is 4. The molecular weight excluding hydrogens is 196 g/mol. The van der Waals surface area contributed by atoms with E-state index in [4.69, 9.17) is 0 Å². The molecule has 4 heteroatoms. The van der Waals surface area contributed by atoms with Crippen molar-refractivity contribution in [1.29, 1.82) is 0 Å². The Morgan fingerprint density at radius 1 is 1.57 bits per heavy atom. The second kappa shape index (κ2) is 5.95. The van der Waals surface area contributed by atoms with Gasteiger partial charge in [-0.05, 0) is 14.0 Å². The lowest BCUT2D eigenvalue weighted by atomic mass is 10.2. The highest BCUT2D eigenvalue weighted by molar-refractivity contribution is 8.00. The normalized spacial score (nSPS) is 31.7. The van der Waals surface area contributed by atoms with Gasteiger partial charge in [-0.1, -0.05) is 6.92 Å². The van der Waals surface area contributed by atoms with Crippen molar-refractivity contribution in [3.63, 3.8) is 0 Å². The van der Waals surface area contributed by atoms with E-state index in [0.717, 1.165) is 13.1 Å². The number of nitrogens with one attached hydrogen (secondary N) is 1. The number of aliphatic hydroxyl groups is 1. The molecule has 3 unspecified atom stereocenters. The maximum atomic E-state index is 9.69. The number of thioether (sulfide) groups is 1. The molecule has 1 fully saturated rings. The third-order valence-corrected chi connectivity index (χ3v) is 4.24. The molecule has 3 nitrogen and oxygen atoms in total. The van der Waals surface area contributed by atoms with Crippen molar-refractivity contribution in [3.8, 4) is 0 Å². The lowest BCUT2D eigenvalue weighted by Gasteiger charge is -2.38. The molecule has 84 valence electrons. The Hall–Kier alpha value is 0.230. The minimum Gasteiger partial charge on any atom is -0.390 e. The van der Waals surface area contributed by atoms with Gasteiger partial charge in [-0.25, -0.2) is 0 Å². The zero-order valence-electron chi connectivity index (χ0n) is 9.36. The molecule has 0 radical (unpaired) electrons. The standard InChI is InChI=1S/C10H22N2OS/c1-8-9(2)14-5-4-12(8)7-10(13)6-11-3/h8-11,13H,4-7H2,1-3H3. The third kappa shape index (κ3) is 3.42. The minimum atomic E-state index is -0.238. The van der Waals surface area contributed by atoms with Gasteiger partial charge < -0.3 is 10.4 Å². The summed E-state index contributed by atoms with van der Waals surface area (Å²) < 4.78 is 0. The summed E-state index contributed by atoms with van der Waals surface area (Å²) in [6.07, 6.45) is -0.238. The topological polar surface area (TPSA) is 35.5 Å². The number of aliphatic hydroxyl groups excluding tert-OH is 1. The fraction of sp³-hybridized carbons (Fsp3) is 1.00. The van der Waals surface area contributed by atoms with Crippen LogP contribution in [0.2, 0.25) is 0 Å². The van der Waals surface area contributed by atoms with Crippen molar-refractivity contribution in [2.75, 3.05) is 32.4 Å². The van der Waals surface area contributed by atoms with Crippen molar-refractivity contribution in [3.05, 3.63) is 0 Å². The van der Waals surface area contributed by atoms with E-state index in [1.54, 1.807) is 0 Å². The van der Waals surface area contributed by atoms with Crippen LogP contribution in [0.3, 0.4) is 0 Å². The van der Waals surface area contributed by atoms with E-state index in [9.17, 15) is 5.11 Å². The SMILES string of the molecule is CNCC(O)CN1CCSC(C)C1C. The summed E-state index contributed by atoms with van der Waals surface area (Å²) in [4.78, 5) is 2.39. The maximum absolute atomic E-state index is 9.69. The Bertz CT molecular complexity index is 168. The Balaban J connectivity index is 2.35. The van der Waals surface area contributed by atoms with Gasteiger partial charge in [-0.2, -0.15) is 11.8 Å². The van der Waals surface area contributed by atoms with Crippen LogP contribution in [0.1, 0.15) is 13.8 Å². The Labute approximate surface area is 91.2 Å². The molecule has 14 heavy (non-hydrogen) atoms. The molecule has 0 aromatic heterocycles. The number of hydrogen-bond donors (Lipinski definition) is 2. The first-order valence-electron chi connectivity index (χ1n) is 5.33. The molecule has 0 aromatic rings. The minimum absolute atomic E-state index is 0.238. The van der Waals surface area contributed by atoms with E-state index in [0.29, 0.717) is 17.8 Å². The van der Waals surface area contributed by atoms with Crippen LogP contribution in [-0.2, 0) is 0 Å². The molecule has 3 atom stereocenters. The summed E-state index contributed by atoms with van der Waals surface area (Å²) in [5, 5.41) is 13.4. The van der Waals surface area contributed by atoms with Crippen molar-refractivity contribution in [2.24, 2.45) is 0 Å². The first-order chi connectivity index (χ1) is 6.65. The van der Waals surface area contributed by atoms with E-state index in [-0.39, 0.29) is 6.10 Å². The Morgan fingerprint density at radius 2 is 2.29 bits per heavy atom. The molecule has 1 aliphatic heterocycles. The summed E-state index contributed by atoms with van der Waals surface area (Å²) in [7, 11) is 1.88. The fourth-order valence-corrected chi connectivity index (χ4v) is 2.99. The van der Waals surface area contributed by atoms with Crippen LogP contribution in [0, 0.1) is 0 Å². The van der Waals surface area contributed by atoms with Crippen LogP contribution in [0.4, 0.5) is 0 Å². The van der Waals surface area contributed by atoms with Crippen molar-refractivity contribution in [1.82, 2.24) is 10.2 Å². The first kappa shape index (κ1) is 12.3. The maximum Gasteiger partial charge on any atom is 0.0791 e. The molecule has 0 bridgehead atoms. The first-order valence-corrected chi connectivity index (χ1v) is 6.38. The predicted molar refractivity (Wildman–Crippen MR) is 62.9 cm³/mol. The van der Waals surface area contributed by atoms with Crippen molar-refractivity contribution < 1.29 is 5.11 Å². The van der Waals surface area contributed by atoms with Gasteiger partial charge in [-0.3, -0.25) is 4.90 Å². The molecule has 0 amide bonds. The Kier molecular flexibility index (Phi) is 5.23. The zero-order chi connectivity index (χ0) is 10.6. The largest absolute Gasteiger partial charge is 0.390 e. The highest BCUT2D eigenvalue weighted by Gasteiger charge is 2.26. The van der Waals surface area contributed by atoms with Crippen LogP contribution in [-0.4, -0.2) is 59.8 Å². The quantitative estimate of drug-likeness (QED) is 0.716. The number of likely N-dealkylation sites (N-methyl/N-ethyl adjacent to an activating group) is 1. The van der Waals surface area contributed by atoms with E-state index in [2.05, 4.69) is 24.1 Å². The van der Waals surface area contributed by atoms with Crippen molar-refractivity contribution in [2.45, 2.75) is 31.2 Å². The van der Waals surface area contributed by atoms with E-state index in [1.165, 1.54) is 5.75 Å². The van der Waals surface area contributed by atoms with Crippen molar-refractivity contribution >= 4 is 11.8 Å². The molecule has 1 saturated heterocycles. The number of hydrogen-bond acceptors (Lipinski definition) is 4. The molecule has 1 heterocycles. The predicted octanol–water partition coefficient (Wildman–Crippen LogP) is 0.392. The van der Waals surface area contributed by atoms with Gasteiger partial charge in [0.15, 0.2) is 0 Å². The number of nitrogens with zero attached hydrogens (tertiary/aromatic N) is 1. The summed E-state index contributed by atoms with van der Waals surface area (Å²) in [5.41, 5.74) is 0. The van der Waals surface area contributed by atoms with Gasteiger partial charge in [0.2, 0.25) is 0 Å². The van der Waals surface area contributed by atoms with Crippen LogP contribution in [0.5, 0.6) is 0 Å². The highest BCUT2D eigenvalue weighted by atomic mass is 32.2. The molecule has 1 aliphatic rings. The molecule has 0 spiro atoms. The van der Waals surface area contributed by atoms with Gasteiger partial charge in [0, 0.05) is 36.7 Å². The molecule has 2 N–H and O–H groups in total. The van der Waals surface area contributed by atoms with Gasteiger partial charge in [0.1, 0.15) is 0 Å². The van der Waals surface area contributed by atoms with Crippen LogP contribution >= 0.6 is 11.8 Å². The van der Waals surface area contributed by atoms with E-state index in [1.807, 2.05) is 18.8 Å². The van der Waals surface area contributed by atoms with E-state index < -0.39 is 0 Å². The van der Waals surface area contributed by atoms with Crippen LogP contribution < -0.4 is 5.32 Å². The van der Waals surface area contributed by atoms with Gasteiger partial charge >= 0.3 is 0 Å². The Morgan fingerprint density at radius 3 is 2.93 bits per heavy atom. The summed E-state index contributed by atoms with van der Waals surface area (Å²) in [5.74, 6) is 1.19. The van der Waals surface area contributed by atoms with E-state index >= 15 is 0 Å². The summed E-state index contributed by atoms with van der Waals surface area (Å²) in [6.45, 7) is 7.11. The van der Waals surface area contributed by atoms with Crippen LogP contribution in [0.15, 0.2) is 0 Å². The zero-order valence-corrected chi connectivity index (χ0v) is 10.2. The van der Waals surface area contributed by atoms with Gasteiger partial charge in [0.05, 0.1) is 6.10 Å². The number of β-amino-alcohol motifs (C(OH)–C–C–N with tert-alkyl or cyclic N) is 1. The monoisotopic (exact) mass is 218 g/mol. The molecule has 0 aliphatic carbocycles. The lowest BCUT2D eigenvalue weighted by Crippen LogP contribution is -2.49. The average molecular weight is 218 g/mol. The molecule has 0 saturated carbocycles. The highest BCUT2D eigenvalue weighted by Crippen LogP contribution is 2.23.